The van der Waals surface area contributed by atoms with E-state index in [0.717, 1.165) is 11.6 Å². The smallest absolute Gasteiger partial charge is 0.166 e. The van der Waals surface area contributed by atoms with E-state index in [1.165, 1.54) is 41.7 Å². The van der Waals surface area contributed by atoms with Gasteiger partial charge in [-0.3, -0.25) is 0 Å². The summed E-state index contributed by atoms with van der Waals surface area (Å²) < 4.78 is 25.1. The Bertz CT molecular complexity index is 982. The molecule has 0 N–H and O–H groups in total. The molecule has 0 fully saturated rings. The molecule has 0 aliphatic heterocycles. The maximum Gasteiger partial charge on any atom is 0.166 e. The van der Waals surface area contributed by atoms with E-state index in [0.29, 0.717) is 12.4 Å². The fraction of sp³-hybridized carbons (Fsp3) is 0.100. The lowest BCUT2D eigenvalue weighted by Crippen LogP contribution is -2.33. The first-order chi connectivity index (χ1) is 13.1. The Morgan fingerprint density at radius 2 is 2.07 bits per heavy atom. The van der Waals surface area contributed by atoms with Gasteiger partial charge in [0.05, 0.1) is 11.5 Å². The summed E-state index contributed by atoms with van der Waals surface area (Å²) in [6.07, 6.45) is -1.70. The number of aliphatic carboxylic acids is 1. The molecule has 3 rings (SSSR count). The minimum absolute atomic E-state index is 0.0298. The van der Waals surface area contributed by atoms with Crippen molar-refractivity contribution in [3.63, 3.8) is 0 Å². The number of hydrogen-bond donors (Lipinski definition) is 0. The number of carboxylic acids is 1. The van der Waals surface area contributed by atoms with E-state index in [9.17, 15) is 19.6 Å². The van der Waals surface area contributed by atoms with Crippen LogP contribution in [0.2, 0.25) is 0 Å². The maximum absolute atomic E-state index is 14.0. The van der Waals surface area contributed by atoms with Crippen molar-refractivity contribution >= 4 is 17.3 Å². The van der Waals surface area contributed by atoms with Gasteiger partial charge in [0.25, 0.3) is 0 Å². The Morgan fingerprint density at radius 3 is 2.74 bits per heavy atom. The highest BCUT2D eigenvalue weighted by molar-refractivity contribution is 7.07. The molecule has 1 heterocycles. The van der Waals surface area contributed by atoms with Crippen molar-refractivity contribution in [3.05, 3.63) is 81.8 Å². The molecule has 0 radical (unpaired) electrons. The van der Waals surface area contributed by atoms with E-state index < -0.39 is 17.9 Å². The number of nitrogens with zero attached hydrogens (tertiary/aromatic N) is 1. The van der Waals surface area contributed by atoms with Gasteiger partial charge in [-0.15, -0.1) is 0 Å². The number of nitriles is 1. The molecule has 136 valence electrons. The van der Waals surface area contributed by atoms with Gasteiger partial charge in [-0.05, 0) is 40.6 Å². The number of ether oxygens (including phenoxy) is 2. The zero-order valence-electron chi connectivity index (χ0n) is 13.9. The number of benzene rings is 2. The minimum atomic E-state index is -1.70. The molecule has 1 aromatic heterocycles. The Labute approximate surface area is 158 Å². The van der Waals surface area contributed by atoms with Crippen LogP contribution in [0.4, 0.5) is 4.39 Å². The van der Waals surface area contributed by atoms with Crippen molar-refractivity contribution in [1.82, 2.24) is 0 Å². The Kier molecular flexibility index (Phi) is 5.69. The number of thiophene rings is 1. The summed E-state index contributed by atoms with van der Waals surface area (Å²) in [5.41, 5.74) is 0.886. The first-order valence-electron chi connectivity index (χ1n) is 7.88. The largest absolute Gasteiger partial charge is 0.546 e. The second-order valence-corrected chi connectivity index (χ2v) is 6.31. The van der Waals surface area contributed by atoms with Crippen molar-refractivity contribution in [2.45, 2.75) is 12.7 Å². The van der Waals surface area contributed by atoms with Crippen molar-refractivity contribution in [1.29, 1.82) is 5.26 Å². The highest BCUT2D eigenvalue weighted by atomic mass is 32.1. The lowest BCUT2D eigenvalue weighted by molar-refractivity contribution is -0.314. The van der Waals surface area contributed by atoms with Gasteiger partial charge in [0.1, 0.15) is 30.0 Å². The minimum Gasteiger partial charge on any atom is -0.546 e. The van der Waals surface area contributed by atoms with Crippen molar-refractivity contribution < 1.29 is 23.8 Å². The molecular weight excluding hydrogens is 369 g/mol. The summed E-state index contributed by atoms with van der Waals surface area (Å²) >= 11 is 1.54. The number of carbonyl (C=O) groups excluding carboxylic acids is 1. The first-order valence-corrected chi connectivity index (χ1v) is 8.82. The molecule has 0 bridgehead atoms. The third-order valence-corrected chi connectivity index (χ3v) is 4.44. The zero-order valence-corrected chi connectivity index (χ0v) is 14.7. The fourth-order valence-corrected chi connectivity index (χ4v) is 3.03. The van der Waals surface area contributed by atoms with Crippen LogP contribution in [-0.2, 0) is 11.4 Å². The molecule has 5 nitrogen and oxygen atoms in total. The van der Waals surface area contributed by atoms with E-state index in [4.69, 9.17) is 9.47 Å². The van der Waals surface area contributed by atoms with Crippen LogP contribution >= 0.6 is 11.3 Å². The molecular formula is C20H13FNO4S-. The van der Waals surface area contributed by atoms with E-state index in [1.807, 2.05) is 22.9 Å². The third kappa shape index (κ3) is 4.43. The molecule has 0 saturated heterocycles. The molecule has 27 heavy (non-hydrogen) atoms. The SMILES string of the molecule is N#Cc1ccc(OCc2ccsc2)cc1OC(C(=O)[O-])c1ccccc1F. The average Bonchev–Trinajstić information content (AvgIpc) is 3.18. The standard InChI is InChI=1S/C20H14FNO4S/c21-17-4-2-1-3-16(17)19(20(23)24)26-18-9-15(6-5-14(18)10-22)25-11-13-7-8-27-12-13/h1-9,12,19H,11H2,(H,23,24)/p-1. The van der Waals surface area contributed by atoms with Crippen LogP contribution in [0.5, 0.6) is 11.5 Å². The summed E-state index contributed by atoms with van der Waals surface area (Å²) in [6.45, 7) is 0.312. The number of carboxylic acid groups (broad SMARTS) is 1. The van der Waals surface area contributed by atoms with Crippen LogP contribution in [-0.4, -0.2) is 5.97 Å². The van der Waals surface area contributed by atoms with Gasteiger partial charge in [-0.2, -0.15) is 16.6 Å². The summed E-state index contributed by atoms with van der Waals surface area (Å²) in [5, 5.41) is 24.6. The van der Waals surface area contributed by atoms with Gasteiger partial charge in [0, 0.05) is 11.6 Å². The normalized spacial score (nSPS) is 11.4. The summed E-state index contributed by atoms with van der Waals surface area (Å²) in [7, 11) is 0. The first kappa shape index (κ1) is 18.4. The quantitative estimate of drug-likeness (QED) is 0.627. The van der Waals surface area contributed by atoms with E-state index in [1.54, 1.807) is 6.07 Å². The summed E-state index contributed by atoms with van der Waals surface area (Å²) in [6, 6.07) is 13.6. The van der Waals surface area contributed by atoms with Gasteiger partial charge >= 0.3 is 0 Å². The number of rotatable bonds is 7. The zero-order chi connectivity index (χ0) is 19.2. The maximum atomic E-state index is 14.0. The summed E-state index contributed by atoms with van der Waals surface area (Å²) in [5.74, 6) is -2.00. The molecule has 0 spiro atoms. The number of hydrogen-bond acceptors (Lipinski definition) is 6. The third-order valence-electron chi connectivity index (χ3n) is 3.71. The van der Waals surface area contributed by atoms with Crippen LogP contribution < -0.4 is 14.6 Å². The average molecular weight is 382 g/mol. The van der Waals surface area contributed by atoms with Crippen molar-refractivity contribution in [2.24, 2.45) is 0 Å². The van der Waals surface area contributed by atoms with Gasteiger partial charge in [0.15, 0.2) is 6.10 Å². The second kappa shape index (κ2) is 8.34. The molecule has 0 aliphatic carbocycles. The van der Waals surface area contributed by atoms with Crippen LogP contribution in [0.25, 0.3) is 0 Å². The monoisotopic (exact) mass is 382 g/mol. The Balaban J connectivity index is 1.87. The van der Waals surface area contributed by atoms with E-state index in [2.05, 4.69) is 0 Å². The molecule has 3 aromatic rings. The van der Waals surface area contributed by atoms with Gasteiger partial charge in [-0.1, -0.05) is 18.2 Å². The molecule has 2 aromatic carbocycles. The van der Waals surface area contributed by atoms with Gasteiger partial charge in [0.2, 0.25) is 0 Å². The lowest BCUT2D eigenvalue weighted by Gasteiger charge is -2.22. The van der Waals surface area contributed by atoms with Crippen molar-refractivity contribution in [3.8, 4) is 17.6 Å². The highest BCUT2D eigenvalue weighted by Crippen LogP contribution is 2.30. The number of carbonyl (C=O) groups is 1. The number of halogens is 1. The van der Waals surface area contributed by atoms with Crippen LogP contribution in [0.15, 0.2) is 59.3 Å². The lowest BCUT2D eigenvalue weighted by atomic mass is 10.1. The fourth-order valence-electron chi connectivity index (χ4n) is 2.38. The topological polar surface area (TPSA) is 82.4 Å². The highest BCUT2D eigenvalue weighted by Gasteiger charge is 2.20. The Hall–Kier alpha value is -3.37. The van der Waals surface area contributed by atoms with Crippen LogP contribution in [0.1, 0.15) is 22.8 Å². The molecule has 1 atom stereocenters. The molecule has 1 unspecified atom stereocenters. The predicted molar refractivity (Wildman–Crippen MR) is 94.6 cm³/mol. The van der Waals surface area contributed by atoms with E-state index >= 15 is 0 Å². The Morgan fingerprint density at radius 1 is 1.26 bits per heavy atom. The molecule has 0 aliphatic rings. The predicted octanol–water partition coefficient (Wildman–Crippen LogP) is 3.21. The summed E-state index contributed by atoms with van der Waals surface area (Å²) in [4.78, 5) is 11.5. The molecule has 0 amide bonds. The molecule has 0 saturated carbocycles. The van der Waals surface area contributed by atoms with Crippen LogP contribution in [0, 0.1) is 17.1 Å². The van der Waals surface area contributed by atoms with Gasteiger partial charge < -0.3 is 19.4 Å². The molecule has 7 heteroatoms. The van der Waals surface area contributed by atoms with E-state index in [-0.39, 0.29) is 16.9 Å². The van der Waals surface area contributed by atoms with Crippen molar-refractivity contribution in [2.75, 3.05) is 0 Å². The second-order valence-electron chi connectivity index (χ2n) is 5.53. The van der Waals surface area contributed by atoms with Crippen LogP contribution in [0.3, 0.4) is 0 Å². The van der Waals surface area contributed by atoms with Gasteiger partial charge in [-0.25, -0.2) is 4.39 Å².